The van der Waals surface area contributed by atoms with Crippen molar-refractivity contribution in [1.82, 2.24) is 0 Å². The van der Waals surface area contributed by atoms with E-state index in [1.54, 1.807) is 0 Å². The van der Waals surface area contributed by atoms with Crippen molar-refractivity contribution in [2.45, 2.75) is 19.1 Å². The lowest BCUT2D eigenvalue weighted by atomic mass is 10.0. The maximum absolute atomic E-state index is 12.2. The fourth-order valence-corrected chi connectivity index (χ4v) is 1.09. The highest BCUT2D eigenvalue weighted by Gasteiger charge is 2.30. The molecular formula is C10H11ClF3NO. The zero-order valence-corrected chi connectivity index (χ0v) is 9.23. The van der Waals surface area contributed by atoms with Crippen LogP contribution in [-0.2, 0) is 6.18 Å². The fourth-order valence-electron chi connectivity index (χ4n) is 1.09. The minimum Gasteiger partial charge on any atom is -0.321 e. The predicted molar refractivity (Wildman–Crippen MR) is 56.7 cm³/mol. The second-order valence-electron chi connectivity index (χ2n) is 3.23. The first-order chi connectivity index (χ1) is 6.82. The van der Waals surface area contributed by atoms with Crippen LogP contribution in [-0.4, -0.2) is 11.8 Å². The van der Waals surface area contributed by atoms with Gasteiger partial charge >= 0.3 is 6.18 Å². The average molecular weight is 254 g/mol. The quantitative estimate of drug-likeness (QED) is 0.824. The smallest absolute Gasteiger partial charge is 0.321 e. The van der Waals surface area contributed by atoms with Crippen LogP contribution in [0.4, 0.5) is 13.2 Å². The number of hydrogen-bond donors (Lipinski definition) is 1. The van der Waals surface area contributed by atoms with E-state index >= 15 is 0 Å². The number of carbonyl (C=O) groups is 1. The van der Waals surface area contributed by atoms with Crippen LogP contribution in [0.5, 0.6) is 0 Å². The van der Waals surface area contributed by atoms with Gasteiger partial charge in [0.1, 0.15) is 0 Å². The summed E-state index contributed by atoms with van der Waals surface area (Å²) in [5, 5.41) is 0. The monoisotopic (exact) mass is 253 g/mol. The lowest BCUT2D eigenvalue weighted by Gasteiger charge is -2.08. The van der Waals surface area contributed by atoms with Crippen LogP contribution >= 0.6 is 12.4 Å². The second-order valence-corrected chi connectivity index (χ2v) is 3.23. The van der Waals surface area contributed by atoms with E-state index in [9.17, 15) is 18.0 Å². The number of alkyl halides is 3. The molecule has 0 fully saturated rings. The van der Waals surface area contributed by atoms with E-state index in [2.05, 4.69) is 0 Å². The van der Waals surface area contributed by atoms with E-state index in [-0.39, 0.29) is 23.8 Å². The number of Topliss-reactive ketones (excluding diaryl/α,β-unsaturated/α-hetero) is 1. The maximum Gasteiger partial charge on any atom is 0.416 e. The van der Waals surface area contributed by atoms with Gasteiger partial charge in [0.15, 0.2) is 5.78 Å². The molecule has 1 rings (SSSR count). The number of carbonyl (C=O) groups excluding carboxylic acids is 1. The topological polar surface area (TPSA) is 43.1 Å². The molecule has 1 aromatic rings. The molecule has 2 N–H and O–H groups in total. The summed E-state index contributed by atoms with van der Waals surface area (Å²) in [7, 11) is 0. The van der Waals surface area contributed by atoms with E-state index in [1.165, 1.54) is 6.92 Å². The van der Waals surface area contributed by atoms with Crippen LogP contribution in [0.3, 0.4) is 0 Å². The number of ketones is 1. The van der Waals surface area contributed by atoms with Gasteiger partial charge in [-0.05, 0) is 19.1 Å². The van der Waals surface area contributed by atoms with Crippen molar-refractivity contribution in [1.29, 1.82) is 0 Å². The molecular weight excluding hydrogens is 243 g/mol. The Hall–Kier alpha value is -1.07. The number of benzene rings is 1. The summed E-state index contributed by atoms with van der Waals surface area (Å²) in [6.07, 6.45) is -4.38. The summed E-state index contributed by atoms with van der Waals surface area (Å²) < 4.78 is 36.5. The van der Waals surface area contributed by atoms with Crippen molar-refractivity contribution < 1.29 is 18.0 Å². The molecule has 0 aliphatic rings. The summed E-state index contributed by atoms with van der Waals surface area (Å²) in [4.78, 5) is 11.3. The van der Waals surface area contributed by atoms with Crippen LogP contribution in [0.2, 0.25) is 0 Å². The average Bonchev–Trinajstić information content (AvgIpc) is 2.15. The van der Waals surface area contributed by atoms with Gasteiger partial charge in [0.25, 0.3) is 0 Å². The molecule has 0 aliphatic carbocycles. The number of halogens is 4. The zero-order valence-electron chi connectivity index (χ0n) is 8.41. The molecule has 0 heterocycles. The normalized spacial score (nSPS) is 12.8. The van der Waals surface area contributed by atoms with Crippen molar-refractivity contribution in [2.75, 3.05) is 0 Å². The zero-order chi connectivity index (χ0) is 11.6. The molecule has 2 nitrogen and oxygen atoms in total. The predicted octanol–water partition coefficient (Wildman–Crippen LogP) is 2.66. The van der Waals surface area contributed by atoms with Crippen LogP contribution in [0.25, 0.3) is 0 Å². The molecule has 0 saturated carbocycles. The van der Waals surface area contributed by atoms with Gasteiger partial charge in [-0.15, -0.1) is 12.4 Å². The van der Waals surface area contributed by atoms with Gasteiger partial charge in [-0.3, -0.25) is 4.79 Å². The first kappa shape index (κ1) is 14.9. The number of rotatable bonds is 2. The van der Waals surface area contributed by atoms with Crippen molar-refractivity contribution in [3.05, 3.63) is 35.4 Å². The molecule has 1 aromatic carbocycles. The van der Waals surface area contributed by atoms with E-state index in [0.29, 0.717) is 0 Å². The summed E-state index contributed by atoms with van der Waals surface area (Å²) in [5.41, 5.74) is 4.74. The molecule has 90 valence electrons. The molecule has 1 atom stereocenters. The van der Waals surface area contributed by atoms with E-state index in [4.69, 9.17) is 5.73 Å². The molecule has 0 spiro atoms. The van der Waals surface area contributed by atoms with Gasteiger partial charge in [-0.1, -0.05) is 12.1 Å². The van der Waals surface area contributed by atoms with Gasteiger partial charge < -0.3 is 5.73 Å². The van der Waals surface area contributed by atoms with Gasteiger partial charge in [0, 0.05) is 5.56 Å². The Morgan fingerprint density at radius 3 is 2.00 bits per heavy atom. The molecule has 0 saturated heterocycles. The summed E-state index contributed by atoms with van der Waals surface area (Å²) in [6.45, 7) is 1.49. The van der Waals surface area contributed by atoms with Crippen LogP contribution in [0, 0.1) is 0 Å². The van der Waals surface area contributed by atoms with Gasteiger partial charge in [0.2, 0.25) is 0 Å². The largest absolute Gasteiger partial charge is 0.416 e. The maximum atomic E-state index is 12.2. The summed E-state index contributed by atoms with van der Waals surface area (Å²) >= 11 is 0. The van der Waals surface area contributed by atoms with Crippen LogP contribution < -0.4 is 5.73 Å². The van der Waals surface area contributed by atoms with Crippen LogP contribution in [0.1, 0.15) is 22.8 Å². The lowest BCUT2D eigenvalue weighted by molar-refractivity contribution is -0.137. The van der Waals surface area contributed by atoms with Crippen molar-refractivity contribution in [3.8, 4) is 0 Å². The molecule has 0 radical (unpaired) electrons. The Kier molecular flexibility index (Phi) is 4.96. The van der Waals surface area contributed by atoms with Gasteiger partial charge in [-0.2, -0.15) is 13.2 Å². The molecule has 0 amide bonds. The standard InChI is InChI=1S/C10H10F3NO.ClH/c1-6(14)9(15)7-2-4-8(5-3-7)10(11,12)13;/h2-6H,14H2,1H3;1H. The summed E-state index contributed by atoms with van der Waals surface area (Å²) in [6, 6.07) is 3.30. The van der Waals surface area contributed by atoms with Crippen molar-refractivity contribution >= 4 is 18.2 Å². The third-order valence-corrected chi connectivity index (χ3v) is 1.91. The highest BCUT2D eigenvalue weighted by Crippen LogP contribution is 2.29. The third-order valence-electron chi connectivity index (χ3n) is 1.91. The first-order valence-corrected chi connectivity index (χ1v) is 4.29. The summed E-state index contributed by atoms with van der Waals surface area (Å²) in [5.74, 6) is -0.372. The minimum atomic E-state index is -4.38. The molecule has 16 heavy (non-hydrogen) atoms. The third kappa shape index (κ3) is 3.50. The Morgan fingerprint density at radius 2 is 1.69 bits per heavy atom. The highest BCUT2D eigenvalue weighted by atomic mass is 35.5. The molecule has 6 heteroatoms. The van der Waals surface area contributed by atoms with E-state index in [0.717, 1.165) is 24.3 Å². The number of hydrogen-bond acceptors (Lipinski definition) is 2. The Balaban J connectivity index is 0.00000225. The second kappa shape index (κ2) is 5.32. The Bertz CT molecular complexity index is 359. The SMILES string of the molecule is CC(N)C(=O)c1ccc(C(F)(F)F)cc1.Cl. The van der Waals surface area contributed by atoms with Gasteiger partial charge in [0.05, 0.1) is 11.6 Å². The fraction of sp³-hybridized carbons (Fsp3) is 0.300. The van der Waals surface area contributed by atoms with E-state index < -0.39 is 17.8 Å². The van der Waals surface area contributed by atoms with Gasteiger partial charge in [-0.25, -0.2) is 0 Å². The highest BCUT2D eigenvalue weighted by molar-refractivity contribution is 5.99. The molecule has 0 aromatic heterocycles. The molecule has 0 aliphatic heterocycles. The van der Waals surface area contributed by atoms with Crippen LogP contribution in [0.15, 0.2) is 24.3 Å². The minimum absolute atomic E-state index is 0. The Labute approximate surface area is 97.0 Å². The van der Waals surface area contributed by atoms with E-state index in [1.807, 2.05) is 0 Å². The Morgan fingerprint density at radius 1 is 1.25 bits per heavy atom. The lowest BCUT2D eigenvalue weighted by Crippen LogP contribution is -2.26. The first-order valence-electron chi connectivity index (χ1n) is 4.29. The molecule has 0 bridgehead atoms. The molecule has 1 unspecified atom stereocenters. The number of nitrogens with two attached hydrogens (primary N) is 1. The van der Waals surface area contributed by atoms with Crippen molar-refractivity contribution in [3.63, 3.8) is 0 Å². The van der Waals surface area contributed by atoms with Crippen molar-refractivity contribution in [2.24, 2.45) is 5.73 Å².